The van der Waals surface area contributed by atoms with Gasteiger partial charge in [-0.3, -0.25) is 4.79 Å². The summed E-state index contributed by atoms with van der Waals surface area (Å²) < 4.78 is 0. The minimum atomic E-state index is -0.283. The van der Waals surface area contributed by atoms with Gasteiger partial charge in [-0.1, -0.05) is 6.08 Å². The monoisotopic (exact) mass is 282 g/mol. The van der Waals surface area contributed by atoms with Crippen molar-refractivity contribution in [3.8, 4) is 0 Å². The van der Waals surface area contributed by atoms with Crippen LogP contribution in [0.4, 0.5) is 5.82 Å². The molecule has 0 atom stereocenters. The van der Waals surface area contributed by atoms with Crippen LogP contribution in [0.25, 0.3) is 0 Å². The standard InChI is InChI=1S/C11H18N6OS/c1-2-6-13-11(19)15-10-8-14-17(16-10)7-4-3-5-9(12)18/h2,8H,1,3-7H2,(H2,12,18)(H2,13,15,16,19). The van der Waals surface area contributed by atoms with Gasteiger partial charge in [0.15, 0.2) is 10.9 Å². The molecule has 19 heavy (non-hydrogen) atoms. The molecule has 1 aromatic heterocycles. The predicted molar refractivity (Wildman–Crippen MR) is 77.5 cm³/mol. The normalized spacial score (nSPS) is 9.89. The van der Waals surface area contributed by atoms with E-state index in [0.717, 1.165) is 12.8 Å². The predicted octanol–water partition coefficient (Wildman–Crippen LogP) is 0.406. The Bertz CT molecular complexity index is 444. The van der Waals surface area contributed by atoms with Gasteiger partial charge in [-0.25, -0.2) is 0 Å². The van der Waals surface area contributed by atoms with Crippen LogP contribution < -0.4 is 16.4 Å². The van der Waals surface area contributed by atoms with Crippen molar-refractivity contribution in [3.63, 3.8) is 0 Å². The summed E-state index contributed by atoms with van der Waals surface area (Å²) in [6.07, 6.45) is 5.23. The van der Waals surface area contributed by atoms with Crippen LogP contribution in [0.15, 0.2) is 18.9 Å². The van der Waals surface area contributed by atoms with Gasteiger partial charge in [0, 0.05) is 13.0 Å². The average molecular weight is 282 g/mol. The highest BCUT2D eigenvalue weighted by Gasteiger charge is 2.02. The molecule has 4 N–H and O–H groups in total. The zero-order chi connectivity index (χ0) is 14.1. The number of hydrogen-bond donors (Lipinski definition) is 3. The Labute approximate surface area is 117 Å². The minimum Gasteiger partial charge on any atom is -0.370 e. The maximum atomic E-state index is 10.6. The molecule has 0 aliphatic heterocycles. The molecule has 0 bridgehead atoms. The Morgan fingerprint density at radius 2 is 2.37 bits per heavy atom. The lowest BCUT2D eigenvalue weighted by Crippen LogP contribution is -2.28. The van der Waals surface area contributed by atoms with E-state index in [9.17, 15) is 4.79 Å². The summed E-state index contributed by atoms with van der Waals surface area (Å²) in [4.78, 5) is 12.1. The Kier molecular flexibility index (Phi) is 6.51. The highest BCUT2D eigenvalue weighted by Crippen LogP contribution is 2.01. The topological polar surface area (TPSA) is 97.9 Å². The lowest BCUT2D eigenvalue weighted by molar-refractivity contribution is -0.118. The third-order valence-electron chi connectivity index (χ3n) is 2.22. The third kappa shape index (κ3) is 6.51. The third-order valence-corrected chi connectivity index (χ3v) is 2.46. The molecule has 0 saturated heterocycles. The number of nitrogens with two attached hydrogens (primary N) is 1. The second kappa shape index (κ2) is 8.20. The fourth-order valence-corrected chi connectivity index (χ4v) is 1.53. The van der Waals surface area contributed by atoms with Crippen molar-refractivity contribution in [2.24, 2.45) is 5.73 Å². The molecule has 7 nitrogen and oxygen atoms in total. The Hall–Kier alpha value is -1.96. The first-order valence-electron chi connectivity index (χ1n) is 5.96. The number of unbranched alkanes of at least 4 members (excludes halogenated alkanes) is 1. The largest absolute Gasteiger partial charge is 0.370 e. The van der Waals surface area contributed by atoms with Gasteiger partial charge in [-0.05, 0) is 25.1 Å². The molecule has 1 rings (SSSR count). The van der Waals surface area contributed by atoms with E-state index in [4.69, 9.17) is 18.0 Å². The molecule has 0 unspecified atom stereocenters. The van der Waals surface area contributed by atoms with Crippen molar-refractivity contribution in [2.75, 3.05) is 11.9 Å². The van der Waals surface area contributed by atoms with Gasteiger partial charge >= 0.3 is 0 Å². The van der Waals surface area contributed by atoms with Crippen molar-refractivity contribution in [2.45, 2.75) is 25.8 Å². The van der Waals surface area contributed by atoms with Crippen LogP contribution in [0.5, 0.6) is 0 Å². The highest BCUT2D eigenvalue weighted by atomic mass is 32.1. The van der Waals surface area contributed by atoms with Gasteiger partial charge < -0.3 is 16.4 Å². The van der Waals surface area contributed by atoms with E-state index in [1.807, 2.05) is 0 Å². The Morgan fingerprint density at radius 3 is 3.05 bits per heavy atom. The number of carbonyl (C=O) groups is 1. The molecule has 0 fully saturated rings. The van der Waals surface area contributed by atoms with Gasteiger partial charge in [0.05, 0.1) is 12.7 Å². The number of nitrogens with zero attached hydrogens (tertiary/aromatic N) is 3. The number of primary amides is 1. The van der Waals surface area contributed by atoms with Crippen LogP contribution in [-0.4, -0.2) is 32.6 Å². The summed E-state index contributed by atoms with van der Waals surface area (Å²) in [5.41, 5.74) is 5.06. The van der Waals surface area contributed by atoms with E-state index in [1.54, 1.807) is 17.1 Å². The first kappa shape index (κ1) is 15.1. The van der Waals surface area contributed by atoms with Crippen LogP contribution >= 0.6 is 12.2 Å². The SMILES string of the molecule is C=CCNC(=S)Nc1cnn(CCCCC(N)=O)n1. The van der Waals surface area contributed by atoms with Crippen molar-refractivity contribution >= 4 is 29.1 Å². The van der Waals surface area contributed by atoms with E-state index < -0.39 is 0 Å². The molecular formula is C11H18N6OS. The Morgan fingerprint density at radius 1 is 1.58 bits per heavy atom. The van der Waals surface area contributed by atoms with E-state index in [0.29, 0.717) is 30.4 Å². The first-order chi connectivity index (χ1) is 9.11. The molecule has 1 heterocycles. The maximum absolute atomic E-state index is 10.6. The molecule has 0 spiro atoms. The molecule has 0 radical (unpaired) electrons. The summed E-state index contributed by atoms with van der Waals surface area (Å²) in [6.45, 7) is 4.81. The van der Waals surface area contributed by atoms with E-state index in [-0.39, 0.29) is 5.91 Å². The summed E-state index contributed by atoms with van der Waals surface area (Å²) in [5.74, 6) is 0.297. The quantitative estimate of drug-likeness (QED) is 0.363. The van der Waals surface area contributed by atoms with Gasteiger partial charge in [-0.2, -0.15) is 9.90 Å². The zero-order valence-corrected chi connectivity index (χ0v) is 11.4. The molecule has 104 valence electrons. The molecule has 0 aromatic carbocycles. The van der Waals surface area contributed by atoms with Crippen molar-refractivity contribution in [1.29, 1.82) is 0 Å². The van der Waals surface area contributed by atoms with E-state index in [1.165, 1.54) is 0 Å². The van der Waals surface area contributed by atoms with Crippen LogP contribution in [0.3, 0.4) is 0 Å². The van der Waals surface area contributed by atoms with Crippen molar-refractivity contribution in [3.05, 3.63) is 18.9 Å². The smallest absolute Gasteiger partial charge is 0.217 e. The molecule has 0 aliphatic rings. The molecule has 1 amide bonds. The lowest BCUT2D eigenvalue weighted by Gasteiger charge is -2.05. The van der Waals surface area contributed by atoms with Crippen LogP contribution in [0.2, 0.25) is 0 Å². The number of anilines is 1. The fraction of sp³-hybridized carbons (Fsp3) is 0.455. The van der Waals surface area contributed by atoms with Gasteiger partial charge in [0.25, 0.3) is 0 Å². The van der Waals surface area contributed by atoms with Crippen molar-refractivity contribution < 1.29 is 4.79 Å². The van der Waals surface area contributed by atoms with Gasteiger partial charge in [0.1, 0.15) is 0 Å². The summed E-state index contributed by atoms with van der Waals surface area (Å²) in [5, 5.41) is 14.6. The van der Waals surface area contributed by atoms with Gasteiger partial charge in [-0.15, -0.1) is 11.7 Å². The molecule has 1 aromatic rings. The van der Waals surface area contributed by atoms with Gasteiger partial charge in [0.2, 0.25) is 5.91 Å². The molecule has 0 aliphatic carbocycles. The number of thiocarbonyl (C=S) groups is 1. The Balaban J connectivity index is 2.29. The van der Waals surface area contributed by atoms with E-state index >= 15 is 0 Å². The highest BCUT2D eigenvalue weighted by molar-refractivity contribution is 7.80. The number of aryl methyl sites for hydroxylation is 1. The lowest BCUT2D eigenvalue weighted by atomic mass is 10.2. The average Bonchev–Trinajstić information content (AvgIpc) is 2.79. The second-order valence-corrected chi connectivity index (χ2v) is 4.28. The number of hydrogen-bond acceptors (Lipinski definition) is 4. The molecular weight excluding hydrogens is 264 g/mol. The number of rotatable bonds is 8. The minimum absolute atomic E-state index is 0.283. The summed E-state index contributed by atoms with van der Waals surface area (Å²) >= 11 is 5.05. The van der Waals surface area contributed by atoms with Crippen molar-refractivity contribution in [1.82, 2.24) is 20.3 Å². The maximum Gasteiger partial charge on any atom is 0.217 e. The number of amides is 1. The molecule has 0 saturated carbocycles. The molecule has 8 heteroatoms. The number of nitrogens with one attached hydrogen (secondary N) is 2. The van der Waals surface area contributed by atoms with E-state index in [2.05, 4.69) is 27.4 Å². The summed E-state index contributed by atoms with van der Waals surface area (Å²) in [6, 6.07) is 0. The second-order valence-electron chi connectivity index (χ2n) is 3.87. The number of carbonyl (C=O) groups excluding carboxylic acids is 1. The fourth-order valence-electron chi connectivity index (χ4n) is 1.34. The first-order valence-corrected chi connectivity index (χ1v) is 6.37. The van der Waals surface area contributed by atoms with Crippen LogP contribution in [0, 0.1) is 0 Å². The van der Waals surface area contributed by atoms with Crippen LogP contribution in [0.1, 0.15) is 19.3 Å². The zero-order valence-electron chi connectivity index (χ0n) is 10.6. The number of aromatic nitrogens is 3. The van der Waals surface area contributed by atoms with Crippen LogP contribution in [-0.2, 0) is 11.3 Å². The summed E-state index contributed by atoms with van der Waals surface area (Å²) in [7, 11) is 0.